The summed E-state index contributed by atoms with van der Waals surface area (Å²) in [5.41, 5.74) is 0.655. The molecule has 208 valence electrons. The smallest absolute Gasteiger partial charge is 0.343 e. The zero-order valence-corrected chi connectivity index (χ0v) is 24.0. The fourth-order valence-corrected chi connectivity index (χ4v) is 6.81. The fourth-order valence-electron chi connectivity index (χ4n) is 6.33. The highest BCUT2D eigenvalue weighted by atomic mass is 79.9. The summed E-state index contributed by atoms with van der Waals surface area (Å²) in [7, 11) is 0. The molecule has 6 rings (SSSR count). The van der Waals surface area contributed by atoms with Crippen LogP contribution in [0.5, 0.6) is 5.75 Å². The van der Waals surface area contributed by atoms with Gasteiger partial charge < -0.3 is 4.74 Å². The van der Waals surface area contributed by atoms with Gasteiger partial charge in [0.05, 0.1) is 28.0 Å². The van der Waals surface area contributed by atoms with Gasteiger partial charge in [0, 0.05) is 10.0 Å². The van der Waals surface area contributed by atoms with Crippen LogP contribution in [0.3, 0.4) is 0 Å². The monoisotopic (exact) mass is 634 g/mol. The van der Waals surface area contributed by atoms with Crippen LogP contribution < -0.4 is 4.74 Å². The molecule has 4 atom stereocenters. The van der Waals surface area contributed by atoms with Crippen LogP contribution in [0.2, 0.25) is 5.02 Å². The Kier molecular flexibility index (Phi) is 7.25. The maximum absolute atomic E-state index is 13.7. The third-order valence-electron chi connectivity index (χ3n) is 8.24. The van der Waals surface area contributed by atoms with Crippen LogP contribution in [-0.4, -0.2) is 46.0 Å². The van der Waals surface area contributed by atoms with Crippen LogP contribution in [0.1, 0.15) is 50.3 Å². The summed E-state index contributed by atoms with van der Waals surface area (Å²) in [5.74, 6) is -3.10. The highest BCUT2D eigenvalue weighted by Crippen LogP contribution is 2.56. The molecule has 2 bridgehead atoms. The number of halogens is 2. The number of carbonyl (C=O) groups excluding carboxylic acids is 5. The first-order valence-corrected chi connectivity index (χ1v) is 14.4. The SMILES string of the molecule is O=C(CN(C(=O)c1ccccc1Cl)N1C(=O)[C@@H]2[C@H]3CC[C@@H](C3)[C@@H]2C1=O)c1ccc(OC(=O)c2ccc(Br)cc2)cc1. The maximum Gasteiger partial charge on any atom is 0.343 e. The highest BCUT2D eigenvalue weighted by molar-refractivity contribution is 9.10. The second kappa shape index (κ2) is 10.9. The lowest BCUT2D eigenvalue weighted by Crippen LogP contribution is -2.52. The molecule has 1 heterocycles. The van der Waals surface area contributed by atoms with Gasteiger partial charge in [0.15, 0.2) is 5.78 Å². The van der Waals surface area contributed by atoms with Crippen LogP contribution in [0, 0.1) is 23.7 Å². The molecule has 0 spiro atoms. The first kappa shape index (κ1) is 27.4. The molecule has 3 aliphatic rings. The van der Waals surface area contributed by atoms with Gasteiger partial charge in [0.2, 0.25) is 0 Å². The maximum atomic E-state index is 13.7. The van der Waals surface area contributed by atoms with E-state index >= 15 is 0 Å². The largest absolute Gasteiger partial charge is 0.423 e. The standard InChI is InChI=1S/C31H24BrClN2O6/c32-21-11-7-18(8-12-21)31(40)41-22-13-9-17(10-14-22)25(36)16-34(28(37)23-3-1-2-4-24(23)33)35-29(38)26-19-5-6-20(15-19)27(26)30(35)39/h1-4,7-14,19-20,26-27H,5-6,15-16H2/t19-,20-,26-,27+/m0/s1. The van der Waals surface area contributed by atoms with Crippen molar-refractivity contribution in [3.63, 3.8) is 0 Å². The molecule has 2 aliphatic carbocycles. The summed E-state index contributed by atoms with van der Waals surface area (Å²) < 4.78 is 6.23. The van der Waals surface area contributed by atoms with Gasteiger partial charge in [-0.05, 0) is 91.8 Å². The summed E-state index contributed by atoms with van der Waals surface area (Å²) in [6.45, 7) is -0.547. The second-order valence-corrected chi connectivity index (χ2v) is 11.9. The number of hydrogen-bond acceptors (Lipinski definition) is 6. The molecule has 41 heavy (non-hydrogen) atoms. The summed E-state index contributed by atoms with van der Waals surface area (Å²) in [6.07, 6.45) is 2.61. The van der Waals surface area contributed by atoms with E-state index in [9.17, 15) is 24.0 Å². The summed E-state index contributed by atoms with van der Waals surface area (Å²) in [6, 6.07) is 18.9. The van der Waals surface area contributed by atoms with E-state index in [1.165, 1.54) is 36.4 Å². The number of fused-ring (bicyclic) bond motifs is 5. The van der Waals surface area contributed by atoms with Crippen molar-refractivity contribution in [3.05, 3.63) is 99.0 Å². The molecule has 2 saturated carbocycles. The predicted molar refractivity (Wildman–Crippen MR) is 152 cm³/mol. The van der Waals surface area contributed by atoms with E-state index in [1.54, 1.807) is 36.4 Å². The number of imide groups is 1. The molecule has 8 nitrogen and oxygen atoms in total. The van der Waals surface area contributed by atoms with Crippen molar-refractivity contribution in [1.82, 2.24) is 10.0 Å². The van der Waals surface area contributed by atoms with Crippen LogP contribution >= 0.6 is 27.5 Å². The third kappa shape index (κ3) is 4.97. The topological polar surface area (TPSA) is 101 Å². The van der Waals surface area contributed by atoms with Gasteiger partial charge in [-0.2, -0.15) is 5.01 Å². The Morgan fingerprint density at radius 1 is 0.854 bits per heavy atom. The minimum absolute atomic E-state index is 0.0813. The number of esters is 1. The van der Waals surface area contributed by atoms with Crippen molar-refractivity contribution in [3.8, 4) is 5.75 Å². The Labute approximate surface area is 249 Å². The average Bonchev–Trinajstić information content (AvgIpc) is 3.66. The molecule has 3 fully saturated rings. The van der Waals surface area contributed by atoms with Crippen molar-refractivity contribution in [1.29, 1.82) is 0 Å². The summed E-state index contributed by atoms with van der Waals surface area (Å²) in [4.78, 5) is 66.7. The summed E-state index contributed by atoms with van der Waals surface area (Å²) in [5, 5.41) is 1.97. The van der Waals surface area contributed by atoms with Gasteiger partial charge in [0.1, 0.15) is 12.3 Å². The number of ether oxygens (including phenoxy) is 1. The van der Waals surface area contributed by atoms with Gasteiger partial charge in [-0.1, -0.05) is 39.7 Å². The van der Waals surface area contributed by atoms with Gasteiger partial charge in [0.25, 0.3) is 17.7 Å². The molecule has 0 unspecified atom stereocenters. The van der Waals surface area contributed by atoms with E-state index in [2.05, 4.69) is 15.9 Å². The Morgan fingerprint density at radius 2 is 1.44 bits per heavy atom. The third-order valence-corrected chi connectivity index (χ3v) is 9.10. The van der Waals surface area contributed by atoms with E-state index in [-0.39, 0.29) is 33.7 Å². The number of nitrogens with zero attached hydrogens (tertiary/aromatic N) is 2. The Morgan fingerprint density at radius 3 is 2.05 bits per heavy atom. The predicted octanol–water partition coefficient (Wildman–Crippen LogP) is 5.59. The van der Waals surface area contributed by atoms with E-state index in [0.717, 1.165) is 33.8 Å². The Hall–Kier alpha value is -3.82. The van der Waals surface area contributed by atoms with Crippen molar-refractivity contribution in [2.45, 2.75) is 19.3 Å². The molecule has 0 radical (unpaired) electrons. The zero-order valence-electron chi connectivity index (χ0n) is 21.7. The summed E-state index contributed by atoms with van der Waals surface area (Å²) >= 11 is 9.61. The molecular formula is C31H24BrClN2O6. The number of ketones is 1. The lowest BCUT2D eigenvalue weighted by Gasteiger charge is -2.31. The van der Waals surface area contributed by atoms with Gasteiger partial charge >= 0.3 is 5.97 Å². The minimum atomic E-state index is -0.710. The number of hydrazine groups is 1. The van der Waals surface area contributed by atoms with Crippen molar-refractivity contribution >= 4 is 57.0 Å². The fraction of sp³-hybridized carbons (Fsp3) is 0.258. The number of Topliss-reactive ketones (excluding diaryl/α,β-unsaturated/α-hetero) is 1. The quantitative estimate of drug-likeness (QED) is 0.145. The van der Waals surface area contributed by atoms with E-state index in [4.69, 9.17) is 16.3 Å². The molecule has 1 aliphatic heterocycles. The Balaban J connectivity index is 1.24. The molecule has 3 aromatic rings. The molecule has 10 heteroatoms. The second-order valence-electron chi connectivity index (χ2n) is 10.6. The number of carbonyl (C=O) groups is 5. The lowest BCUT2D eigenvalue weighted by molar-refractivity contribution is -0.155. The van der Waals surface area contributed by atoms with Crippen LogP contribution in [0.25, 0.3) is 0 Å². The molecular weight excluding hydrogens is 612 g/mol. The number of benzene rings is 3. The zero-order chi connectivity index (χ0) is 28.8. The van der Waals surface area contributed by atoms with Crippen LogP contribution in [0.15, 0.2) is 77.3 Å². The minimum Gasteiger partial charge on any atom is -0.423 e. The van der Waals surface area contributed by atoms with Gasteiger partial charge in [-0.25, -0.2) is 9.80 Å². The first-order valence-electron chi connectivity index (χ1n) is 13.3. The van der Waals surface area contributed by atoms with Crippen LogP contribution in [0.4, 0.5) is 0 Å². The molecule has 1 saturated heterocycles. The number of amides is 3. The van der Waals surface area contributed by atoms with Crippen LogP contribution in [-0.2, 0) is 9.59 Å². The Bertz CT molecular complexity index is 1550. The highest BCUT2D eigenvalue weighted by Gasteiger charge is 2.62. The van der Waals surface area contributed by atoms with E-state index < -0.39 is 47.9 Å². The van der Waals surface area contributed by atoms with Crippen molar-refractivity contribution < 1.29 is 28.7 Å². The lowest BCUT2D eigenvalue weighted by atomic mass is 9.81. The van der Waals surface area contributed by atoms with E-state index in [0.29, 0.717) is 5.56 Å². The molecule has 0 N–H and O–H groups in total. The van der Waals surface area contributed by atoms with Gasteiger partial charge in [-0.15, -0.1) is 0 Å². The molecule has 3 aromatic carbocycles. The molecule has 0 aromatic heterocycles. The van der Waals surface area contributed by atoms with Crippen molar-refractivity contribution in [2.75, 3.05) is 6.54 Å². The average molecular weight is 636 g/mol. The normalized spacial score (nSPS) is 22.5. The number of rotatable bonds is 7. The van der Waals surface area contributed by atoms with Gasteiger partial charge in [-0.3, -0.25) is 19.2 Å². The van der Waals surface area contributed by atoms with Crippen molar-refractivity contribution in [2.24, 2.45) is 23.7 Å². The van der Waals surface area contributed by atoms with E-state index in [1.807, 2.05) is 0 Å². The number of hydrogen-bond donors (Lipinski definition) is 0. The first-order chi connectivity index (χ1) is 19.7. The molecule has 3 amide bonds.